The van der Waals surface area contributed by atoms with Crippen LogP contribution in [0.5, 0.6) is 0 Å². The highest BCUT2D eigenvalue weighted by atomic mass is 16.5. The van der Waals surface area contributed by atoms with E-state index in [0.29, 0.717) is 0 Å². The summed E-state index contributed by atoms with van der Waals surface area (Å²) in [6, 6.07) is -1.03. The van der Waals surface area contributed by atoms with Crippen LogP contribution in [0.4, 0.5) is 0 Å². The van der Waals surface area contributed by atoms with Gasteiger partial charge < -0.3 is 31.3 Å². The fraction of sp³-hybridized carbons (Fsp3) is 0.818. The van der Waals surface area contributed by atoms with Gasteiger partial charge in [0.15, 0.2) is 0 Å². The molecule has 0 aliphatic rings. The number of carbonyl (C=O) groups excluding carboxylic acids is 2. The van der Waals surface area contributed by atoms with Crippen molar-refractivity contribution in [3.63, 3.8) is 0 Å². The van der Waals surface area contributed by atoms with Gasteiger partial charge in [-0.2, -0.15) is 0 Å². The maximum Gasteiger partial charge on any atom is 0.245 e. The molecular formula is C11H23N3O5. The second-order valence-corrected chi connectivity index (χ2v) is 4.56. The van der Waals surface area contributed by atoms with Crippen molar-refractivity contribution in [3.05, 3.63) is 0 Å². The lowest BCUT2D eigenvalue weighted by Crippen LogP contribution is -2.51. The zero-order chi connectivity index (χ0) is 14.9. The van der Waals surface area contributed by atoms with Crippen LogP contribution < -0.4 is 16.4 Å². The van der Waals surface area contributed by atoms with Crippen molar-refractivity contribution in [2.75, 3.05) is 32.9 Å². The number of aliphatic hydroxyl groups excluding tert-OH is 2. The molecule has 0 saturated heterocycles. The summed E-state index contributed by atoms with van der Waals surface area (Å²) in [7, 11) is 0. The lowest BCUT2D eigenvalue weighted by molar-refractivity contribution is -0.129. The van der Waals surface area contributed by atoms with Gasteiger partial charge in [0, 0.05) is 6.54 Å². The zero-order valence-corrected chi connectivity index (χ0v) is 11.3. The highest BCUT2D eigenvalue weighted by molar-refractivity contribution is 5.88. The van der Waals surface area contributed by atoms with E-state index in [-0.39, 0.29) is 26.3 Å². The first-order chi connectivity index (χ1) is 8.86. The number of ether oxygens (including phenoxy) is 1. The molecule has 8 nitrogen and oxygen atoms in total. The summed E-state index contributed by atoms with van der Waals surface area (Å²) in [6.45, 7) is 2.95. The van der Waals surface area contributed by atoms with Crippen LogP contribution in [0.15, 0.2) is 0 Å². The number of rotatable bonds is 9. The molecule has 2 amide bonds. The van der Waals surface area contributed by atoms with Crippen LogP contribution in [0.2, 0.25) is 0 Å². The van der Waals surface area contributed by atoms with E-state index in [1.807, 2.05) is 0 Å². The molecule has 0 rings (SSSR count). The van der Waals surface area contributed by atoms with Crippen LogP contribution in [-0.4, -0.2) is 66.6 Å². The van der Waals surface area contributed by atoms with E-state index in [9.17, 15) is 9.59 Å². The first-order valence-corrected chi connectivity index (χ1v) is 5.99. The van der Waals surface area contributed by atoms with Gasteiger partial charge in [-0.05, 0) is 13.8 Å². The maximum atomic E-state index is 11.6. The number of hydrogen-bond acceptors (Lipinski definition) is 6. The third kappa shape index (κ3) is 7.73. The Balaban J connectivity index is 3.98. The topological polar surface area (TPSA) is 134 Å². The SMILES string of the molecule is CC(C)(CO)OCCNC(=O)C(CO)NC(=O)CN. The van der Waals surface area contributed by atoms with Gasteiger partial charge in [0.2, 0.25) is 11.8 Å². The molecule has 6 N–H and O–H groups in total. The molecule has 0 aliphatic carbocycles. The Morgan fingerprint density at radius 1 is 1.37 bits per heavy atom. The molecule has 0 fully saturated rings. The predicted octanol–water partition coefficient (Wildman–Crippen LogP) is -2.67. The number of nitrogens with one attached hydrogen (secondary N) is 2. The monoisotopic (exact) mass is 277 g/mol. The van der Waals surface area contributed by atoms with Gasteiger partial charge in [-0.15, -0.1) is 0 Å². The Labute approximate surface area is 112 Å². The summed E-state index contributed by atoms with van der Waals surface area (Å²) in [5.41, 5.74) is 4.42. The van der Waals surface area contributed by atoms with Crippen molar-refractivity contribution in [3.8, 4) is 0 Å². The second kappa shape index (κ2) is 8.81. The van der Waals surface area contributed by atoms with E-state index >= 15 is 0 Å². The molecule has 0 heterocycles. The third-order valence-corrected chi connectivity index (χ3v) is 2.29. The smallest absolute Gasteiger partial charge is 0.245 e. The largest absolute Gasteiger partial charge is 0.394 e. The highest BCUT2D eigenvalue weighted by Gasteiger charge is 2.20. The highest BCUT2D eigenvalue weighted by Crippen LogP contribution is 2.05. The third-order valence-electron chi connectivity index (χ3n) is 2.29. The average molecular weight is 277 g/mol. The first-order valence-electron chi connectivity index (χ1n) is 5.99. The van der Waals surface area contributed by atoms with Crippen LogP contribution in [0, 0.1) is 0 Å². The summed E-state index contributed by atoms with van der Waals surface area (Å²) in [5, 5.41) is 22.7. The van der Waals surface area contributed by atoms with Gasteiger partial charge in [-0.3, -0.25) is 9.59 Å². The van der Waals surface area contributed by atoms with E-state index in [4.69, 9.17) is 20.7 Å². The standard InChI is InChI=1S/C11H23N3O5/c1-11(2,7-16)19-4-3-13-10(18)8(6-15)14-9(17)5-12/h8,15-16H,3-7,12H2,1-2H3,(H,13,18)(H,14,17). The summed E-state index contributed by atoms with van der Waals surface area (Å²) in [5.74, 6) is -1.04. The quantitative estimate of drug-likeness (QED) is 0.292. The molecule has 0 aromatic carbocycles. The molecule has 0 spiro atoms. The van der Waals surface area contributed by atoms with E-state index in [0.717, 1.165) is 0 Å². The van der Waals surface area contributed by atoms with Crippen molar-refractivity contribution < 1.29 is 24.5 Å². The Morgan fingerprint density at radius 3 is 2.47 bits per heavy atom. The molecule has 19 heavy (non-hydrogen) atoms. The molecule has 0 aliphatic heterocycles. The van der Waals surface area contributed by atoms with Gasteiger partial charge >= 0.3 is 0 Å². The van der Waals surface area contributed by atoms with Crippen LogP contribution in [0.3, 0.4) is 0 Å². The molecule has 112 valence electrons. The summed E-state index contributed by atoms with van der Waals surface area (Å²) in [6.07, 6.45) is 0. The predicted molar refractivity (Wildman–Crippen MR) is 68.2 cm³/mol. The minimum absolute atomic E-state index is 0.132. The van der Waals surface area contributed by atoms with Crippen molar-refractivity contribution >= 4 is 11.8 Å². The molecule has 8 heteroatoms. The molecule has 0 radical (unpaired) electrons. The number of hydrogen-bond donors (Lipinski definition) is 5. The number of amides is 2. The van der Waals surface area contributed by atoms with Crippen molar-refractivity contribution in [1.29, 1.82) is 0 Å². The lowest BCUT2D eigenvalue weighted by Gasteiger charge is -2.23. The van der Waals surface area contributed by atoms with E-state index in [1.54, 1.807) is 13.8 Å². The number of carbonyl (C=O) groups is 2. The van der Waals surface area contributed by atoms with Crippen LogP contribution in [0.25, 0.3) is 0 Å². The molecule has 1 unspecified atom stereocenters. The van der Waals surface area contributed by atoms with Gasteiger partial charge in [-0.25, -0.2) is 0 Å². The van der Waals surface area contributed by atoms with E-state index in [2.05, 4.69) is 10.6 Å². The van der Waals surface area contributed by atoms with Gasteiger partial charge in [0.05, 0.1) is 32.0 Å². The summed E-state index contributed by atoms with van der Waals surface area (Å²) < 4.78 is 5.31. The van der Waals surface area contributed by atoms with Crippen LogP contribution in [-0.2, 0) is 14.3 Å². The van der Waals surface area contributed by atoms with Crippen LogP contribution >= 0.6 is 0 Å². The van der Waals surface area contributed by atoms with Crippen molar-refractivity contribution in [2.24, 2.45) is 5.73 Å². The fourth-order valence-electron chi connectivity index (χ4n) is 1.12. The minimum atomic E-state index is -1.03. The average Bonchev–Trinajstić information content (AvgIpc) is 2.40. The minimum Gasteiger partial charge on any atom is -0.394 e. The van der Waals surface area contributed by atoms with Gasteiger partial charge in [0.25, 0.3) is 0 Å². The summed E-state index contributed by atoms with van der Waals surface area (Å²) >= 11 is 0. The van der Waals surface area contributed by atoms with Gasteiger partial charge in [-0.1, -0.05) is 0 Å². The van der Waals surface area contributed by atoms with Crippen LogP contribution in [0.1, 0.15) is 13.8 Å². The normalized spacial score (nSPS) is 12.9. The number of aliphatic hydroxyl groups is 2. The Hall–Kier alpha value is -1.22. The van der Waals surface area contributed by atoms with E-state index < -0.39 is 30.1 Å². The number of nitrogens with two attached hydrogens (primary N) is 1. The van der Waals surface area contributed by atoms with Crippen molar-refractivity contribution in [2.45, 2.75) is 25.5 Å². The molecule has 0 aromatic rings. The molecule has 1 atom stereocenters. The lowest BCUT2D eigenvalue weighted by atomic mass is 10.1. The zero-order valence-electron chi connectivity index (χ0n) is 11.3. The fourth-order valence-corrected chi connectivity index (χ4v) is 1.12. The van der Waals surface area contributed by atoms with Crippen molar-refractivity contribution in [1.82, 2.24) is 10.6 Å². The molecule has 0 aromatic heterocycles. The molecular weight excluding hydrogens is 254 g/mol. The second-order valence-electron chi connectivity index (χ2n) is 4.56. The molecule has 0 bridgehead atoms. The maximum absolute atomic E-state index is 11.6. The molecule has 0 saturated carbocycles. The van der Waals surface area contributed by atoms with E-state index in [1.165, 1.54) is 0 Å². The summed E-state index contributed by atoms with van der Waals surface area (Å²) in [4.78, 5) is 22.6. The Bertz CT molecular complexity index is 296. The Morgan fingerprint density at radius 2 is 2.00 bits per heavy atom. The van der Waals surface area contributed by atoms with Gasteiger partial charge in [0.1, 0.15) is 6.04 Å². The first kappa shape index (κ1) is 17.8. The Kier molecular flexibility index (Phi) is 8.24.